The van der Waals surface area contributed by atoms with Crippen molar-refractivity contribution in [3.05, 3.63) is 58.1 Å². The Morgan fingerprint density at radius 1 is 1.17 bits per heavy atom. The molecule has 0 radical (unpaired) electrons. The molecule has 216 valence electrons. The minimum absolute atomic E-state index is 0.0830. The minimum Gasteiger partial charge on any atom is -0.593 e. The minimum atomic E-state index is -3.93. The Morgan fingerprint density at radius 3 is 2.66 bits per heavy atom. The van der Waals surface area contributed by atoms with Gasteiger partial charge in [0.1, 0.15) is 17.4 Å². The van der Waals surface area contributed by atoms with Crippen molar-refractivity contribution in [3.8, 4) is 5.75 Å². The van der Waals surface area contributed by atoms with Crippen molar-refractivity contribution >= 4 is 44.7 Å². The highest BCUT2D eigenvalue weighted by molar-refractivity contribution is 7.95. The van der Waals surface area contributed by atoms with Crippen LogP contribution in [0.3, 0.4) is 0 Å². The number of hydrogen-bond acceptors (Lipinski definition) is 8. The van der Waals surface area contributed by atoms with Crippen LogP contribution in [0.1, 0.15) is 61.3 Å². The molecule has 0 bridgehead atoms. The first-order chi connectivity index (χ1) is 19.5. The molecule has 2 fully saturated rings. The largest absolute Gasteiger partial charge is 0.593 e. The van der Waals surface area contributed by atoms with E-state index in [9.17, 15) is 27.9 Å². The van der Waals surface area contributed by atoms with E-state index in [1.54, 1.807) is 25.1 Å². The number of nitrogens with one attached hydrogen (secondary N) is 2. The number of fused-ring (bicyclic) bond motifs is 1. The fourth-order valence-electron chi connectivity index (χ4n) is 5.49. The highest BCUT2D eigenvalue weighted by Gasteiger charge is 2.39. The van der Waals surface area contributed by atoms with Gasteiger partial charge in [-0.3, -0.25) is 29.1 Å². The van der Waals surface area contributed by atoms with Gasteiger partial charge in [0, 0.05) is 24.6 Å². The number of anilines is 1. The molecular weight excluding hydrogens is 550 g/mol. The van der Waals surface area contributed by atoms with Crippen LogP contribution in [0.4, 0.5) is 5.69 Å². The van der Waals surface area contributed by atoms with Crippen molar-refractivity contribution in [3.63, 3.8) is 0 Å². The van der Waals surface area contributed by atoms with Crippen LogP contribution in [-0.4, -0.2) is 55.8 Å². The Hall–Kier alpha value is -3.94. The molecule has 0 spiro atoms. The van der Waals surface area contributed by atoms with E-state index in [-0.39, 0.29) is 57.5 Å². The Balaban J connectivity index is 1.49. The van der Waals surface area contributed by atoms with Gasteiger partial charge in [-0.1, -0.05) is 16.7 Å². The number of sulfonamides is 1. The van der Waals surface area contributed by atoms with Crippen molar-refractivity contribution in [2.75, 3.05) is 19.0 Å². The van der Waals surface area contributed by atoms with Crippen molar-refractivity contribution in [2.45, 2.75) is 62.9 Å². The maximum absolute atomic E-state index is 13.6. The van der Waals surface area contributed by atoms with Gasteiger partial charge in [0.2, 0.25) is 16.7 Å². The van der Waals surface area contributed by atoms with Gasteiger partial charge >= 0.3 is 0 Å². The number of para-hydroxylation sites is 1. The molecule has 41 heavy (non-hydrogen) atoms. The number of carbonyl (C=O) groups is 3. The lowest BCUT2D eigenvalue weighted by Crippen LogP contribution is -2.45. The number of piperidine rings is 2. The maximum atomic E-state index is 13.6. The lowest BCUT2D eigenvalue weighted by atomic mass is 10.1. The number of aryl methyl sites for hydroxylation is 1. The summed E-state index contributed by atoms with van der Waals surface area (Å²) in [6, 6.07) is 7.85. The van der Waals surface area contributed by atoms with Gasteiger partial charge in [0.05, 0.1) is 24.2 Å². The Kier molecular flexibility index (Phi) is 7.77. The zero-order valence-corrected chi connectivity index (χ0v) is 23.8. The predicted octanol–water partition coefficient (Wildman–Crippen LogP) is 2.72. The normalized spacial score (nSPS) is 21.3. The van der Waals surface area contributed by atoms with Crippen LogP contribution >= 0.6 is 0 Å². The third kappa shape index (κ3) is 5.27. The second-order valence-electron chi connectivity index (χ2n) is 10.3. The molecule has 12 nitrogen and oxygen atoms in total. The molecule has 2 aromatic carbocycles. The van der Waals surface area contributed by atoms with Crippen LogP contribution in [0, 0.1) is 6.92 Å². The van der Waals surface area contributed by atoms with Crippen molar-refractivity contribution < 1.29 is 27.9 Å². The first-order valence-electron chi connectivity index (χ1n) is 13.4. The molecule has 2 saturated heterocycles. The molecule has 5 rings (SSSR count). The molecule has 13 heteroatoms. The molecular formula is C28H31N5O7S. The summed E-state index contributed by atoms with van der Waals surface area (Å²) in [5.74, 6) is -1.18. The molecule has 0 aliphatic carbocycles. The van der Waals surface area contributed by atoms with Crippen LogP contribution in [0.25, 0.3) is 10.9 Å². The number of carbonyl (C=O) groups excluding carboxylic acids is 3. The fourth-order valence-corrected chi connectivity index (χ4v) is 7.38. The van der Waals surface area contributed by atoms with Crippen molar-refractivity contribution in [1.82, 2.24) is 19.2 Å². The van der Waals surface area contributed by atoms with Gasteiger partial charge in [-0.15, -0.1) is 4.31 Å². The predicted molar refractivity (Wildman–Crippen MR) is 150 cm³/mol. The molecule has 3 heterocycles. The lowest BCUT2D eigenvalue weighted by Gasteiger charge is -2.35. The number of hydrogen-bond donors (Lipinski definition) is 2. The van der Waals surface area contributed by atoms with Gasteiger partial charge in [0.15, 0.2) is 16.1 Å². The number of rotatable bonds is 6. The monoisotopic (exact) mass is 581 g/mol. The van der Waals surface area contributed by atoms with Gasteiger partial charge < -0.3 is 14.6 Å². The Bertz CT molecular complexity index is 1670. The second kappa shape index (κ2) is 11.1. The van der Waals surface area contributed by atoms with E-state index in [1.165, 1.54) is 34.2 Å². The number of methoxy groups -OCH3 is 1. The van der Waals surface area contributed by atoms with Crippen LogP contribution in [-0.2, 0) is 24.2 Å². The Labute approximate surface area is 237 Å². The lowest BCUT2D eigenvalue weighted by molar-refractivity contribution is -0.135. The summed E-state index contributed by atoms with van der Waals surface area (Å²) >= 11 is 0. The average molecular weight is 582 g/mol. The molecule has 3 atom stereocenters. The summed E-state index contributed by atoms with van der Waals surface area (Å²) in [5, 5.41) is 5.18. The average Bonchev–Trinajstić information content (AvgIpc) is 2.94. The van der Waals surface area contributed by atoms with Gasteiger partial charge in [0.25, 0.3) is 11.5 Å². The Morgan fingerprint density at radius 2 is 1.95 bits per heavy atom. The molecule has 1 aromatic heterocycles. The molecule has 2 aliphatic heterocycles. The zero-order valence-electron chi connectivity index (χ0n) is 23.0. The van der Waals surface area contributed by atoms with Crippen LogP contribution in [0.15, 0.2) is 46.1 Å². The SMILES string of the molecule is COc1ccc(C(=O)Nc2cccc3c(=O)n(C4CCC(=O)NC4=O)c(C)nc23)cc1[S+](=O)([O-])N1CCCCC1C. The standard InChI is InChI=1S/C28H31N5O7S/c1-16-7-4-5-14-32(16)41(38,39)23-15-18(10-12-22(23)40-3)26(35)30-20-9-6-8-19-25(20)29-17(2)33(28(19)37)21-11-13-24(34)31-27(21)36/h6,8-10,12,15-16,21H,4-5,7,11,13-14H2,1-3H3,(H2-,30,31,34,35,36,38,39). The van der Waals surface area contributed by atoms with E-state index in [1.807, 2.05) is 6.92 Å². The summed E-state index contributed by atoms with van der Waals surface area (Å²) in [7, 11) is -2.56. The molecule has 3 unspecified atom stereocenters. The van der Waals surface area contributed by atoms with Crippen molar-refractivity contribution in [1.29, 1.82) is 0 Å². The molecule has 0 saturated carbocycles. The molecule has 3 amide bonds. The highest BCUT2D eigenvalue weighted by Crippen LogP contribution is 2.35. The highest BCUT2D eigenvalue weighted by atomic mass is 32.3. The van der Waals surface area contributed by atoms with E-state index in [4.69, 9.17) is 4.74 Å². The molecule has 2 aliphatic rings. The maximum Gasteiger partial charge on any atom is 0.262 e. The van der Waals surface area contributed by atoms with Gasteiger partial charge in [-0.05, 0) is 57.4 Å². The summed E-state index contributed by atoms with van der Waals surface area (Å²) < 4.78 is 35.2. The number of amides is 3. The van der Waals surface area contributed by atoms with E-state index >= 15 is 0 Å². The number of ether oxygens (including phenoxy) is 1. The molecule has 3 aromatic rings. The van der Waals surface area contributed by atoms with E-state index in [0.29, 0.717) is 6.54 Å². The fraction of sp³-hybridized carbons (Fsp3) is 0.393. The topological polar surface area (TPSA) is 163 Å². The van der Waals surface area contributed by atoms with Crippen LogP contribution in [0.2, 0.25) is 0 Å². The van der Waals surface area contributed by atoms with Crippen molar-refractivity contribution in [2.24, 2.45) is 0 Å². The van der Waals surface area contributed by atoms with E-state index in [0.717, 1.165) is 19.3 Å². The third-order valence-electron chi connectivity index (χ3n) is 7.63. The van der Waals surface area contributed by atoms with Crippen LogP contribution in [0.5, 0.6) is 5.75 Å². The summed E-state index contributed by atoms with van der Waals surface area (Å²) in [4.78, 5) is 55.3. The quantitative estimate of drug-likeness (QED) is 0.332. The third-order valence-corrected chi connectivity index (χ3v) is 9.67. The zero-order chi connectivity index (χ0) is 29.5. The smallest absolute Gasteiger partial charge is 0.262 e. The number of imide groups is 1. The van der Waals surface area contributed by atoms with Gasteiger partial charge in [-0.25, -0.2) is 4.98 Å². The number of aromatic nitrogens is 2. The van der Waals surface area contributed by atoms with Gasteiger partial charge in [-0.2, -0.15) is 0 Å². The summed E-state index contributed by atoms with van der Waals surface area (Å²) in [6.07, 6.45) is 2.73. The summed E-state index contributed by atoms with van der Waals surface area (Å²) in [6.45, 7) is 3.83. The van der Waals surface area contributed by atoms with E-state index < -0.39 is 39.7 Å². The molecule has 2 N–H and O–H groups in total. The van der Waals surface area contributed by atoms with E-state index in [2.05, 4.69) is 15.6 Å². The first-order valence-corrected chi connectivity index (χ1v) is 14.8. The number of nitrogens with zero attached hydrogens (tertiary/aromatic N) is 3. The van der Waals surface area contributed by atoms with Crippen LogP contribution < -0.4 is 20.9 Å². The first kappa shape index (κ1) is 28.6. The second-order valence-corrected chi connectivity index (χ2v) is 12.1. The summed E-state index contributed by atoms with van der Waals surface area (Å²) in [5.41, 5.74) is 0.0645. The number of benzene rings is 2.